The van der Waals surface area contributed by atoms with Crippen molar-refractivity contribution in [3.8, 4) is 0 Å². The van der Waals surface area contributed by atoms with Crippen molar-refractivity contribution in [3.63, 3.8) is 0 Å². The minimum Gasteiger partial charge on any atom is -0.463 e. The van der Waals surface area contributed by atoms with E-state index in [0.717, 1.165) is 12.8 Å². The summed E-state index contributed by atoms with van der Waals surface area (Å²) in [7, 11) is 0. The highest BCUT2D eigenvalue weighted by Crippen LogP contribution is 2.42. The van der Waals surface area contributed by atoms with Gasteiger partial charge in [-0.1, -0.05) is 38.0 Å². The summed E-state index contributed by atoms with van der Waals surface area (Å²) >= 11 is 0. The standard InChI is InChI=1S/C18H30O2/c1-6-20-17(19)12-10-14(2)9-11-16-15(3)8-7-13-18(16,4)5/h10,12,14H,6-9,11,13H2,1-5H3/b12-10+. The third kappa shape index (κ3) is 5.15. The Bertz CT molecular complexity index is 388. The van der Waals surface area contributed by atoms with Gasteiger partial charge in [0.05, 0.1) is 6.61 Å². The SMILES string of the molecule is CCOC(=O)/C=C/C(C)CCC1=C(C)CCCC1(C)C. The van der Waals surface area contributed by atoms with Crippen LogP contribution in [-0.4, -0.2) is 12.6 Å². The quantitative estimate of drug-likeness (QED) is 0.386. The molecule has 2 heteroatoms. The molecule has 0 saturated heterocycles. The van der Waals surface area contributed by atoms with E-state index in [4.69, 9.17) is 4.74 Å². The van der Waals surface area contributed by atoms with Crippen molar-refractivity contribution in [2.45, 2.75) is 66.7 Å². The summed E-state index contributed by atoms with van der Waals surface area (Å²) < 4.78 is 4.90. The smallest absolute Gasteiger partial charge is 0.330 e. The van der Waals surface area contributed by atoms with Gasteiger partial charge >= 0.3 is 5.97 Å². The van der Waals surface area contributed by atoms with Gasteiger partial charge in [0.1, 0.15) is 0 Å². The zero-order valence-corrected chi connectivity index (χ0v) is 13.8. The number of carbonyl (C=O) groups excluding carboxylic acids is 1. The lowest BCUT2D eigenvalue weighted by Crippen LogP contribution is -2.20. The molecule has 0 heterocycles. The van der Waals surface area contributed by atoms with Gasteiger partial charge in [-0.3, -0.25) is 0 Å². The zero-order chi connectivity index (χ0) is 15.2. The van der Waals surface area contributed by atoms with Gasteiger partial charge in [0.25, 0.3) is 0 Å². The summed E-state index contributed by atoms with van der Waals surface area (Å²) in [5.41, 5.74) is 3.58. The van der Waals surface area contributed by atoms with Crippen molar-refractivity contribution in [2.75, 3.05) is 6.61 Å². The fourth-order valence-electron chi connectivity index (χ4n) is 3.13. The fraction of sp³-hybridized carbons (Fsp3) is 0.722. The van der Waals surface area contributed by atoms with Crippen LogP contribution in [-0.2, 0) is 9.53 Å². The molecule has 20 heavy (non-hydrogen) atoms. The maximum absolute atomic E-state index is 11.3. The molecular formula is C18H30O2. The largest absolute Gasteiger partial charge is 0.463 e. The van der Waals surface area contributed by atoms with E-state index >= 15 is 0 Å². The molecule has 0 aromatic heterocycles. The molecule has 1 aliphatic carbocycles. The number of hydrogen-bond donors (Lipinski definition) is 0. The predicted octanol–water partition coefficient (Wildman–Crippen LogP) is 5.05. The van der Waals surface area contributed by atoms with Crippen molar-refractivity contribution >= 4 is 5.97 Å². The molecule has 0 fully saturated rings. The number of allylic oxidation sites excluding steroid dienone is 3. The zero-order valence-electron chi connectivity index (χ0n) is 13.8. The molecule has 0 amide bonds. The predicted molar refractivity (Wildman–Crippen MR) is 84.5 cm³/mol. The second-order valence-electron chi connectivity index (χ2n) is 6.62. The normalized spacial score (nSPS) is 20.2. The first-order valence-electron chi connectivity index (χ1n) is 7.91. The number of hydrogen-bond acceptors (Lipinski definition) is 2. The van der Waals surface area contributed by atoms with Crippen LogP contribution in [0.2, 0.25) is 0 Å². The third-order valence-corrected chi connectivity index (χ3v) is 4.38. The van der Waals surface area contributed by atoms with Crippen LogP contribution in [0.3, 0.4) is 0 Å². The van der Waals surface area contributed by atoms with E-state index in [1.54, 1.807) is 17.2 Å². The van der Waals surface area contributed by atoms with E-state index in [2.05, 4.69) is 27.7 Å². The van der Waals surface area contributed by atoms with Gasteiger partial charge in [0.2, 0.25) is 0 Å². The van der Waals surface area contributed by atoms with E-state index in [0.29, 0.717) is 17.9 Å². The van der Waals surface area contributed by atoms with Crippen molar-refractivity contribution < 1.29 is 9.53 Å². The first-order valence-corrected chi connectivity index (χ1v) is 7.91. The molecule has 1 atom stereocenters. The molecule has 0 saturated carbocycles. The van der Waals surface area contributed by atoms with Gasteiger partial charge in [0, 0.05) is 6.08 Å². The summed E-state index contributed by atoms with van der Waals surface area (Å²) in [4.78, 5) is 11.3. The van der Waals surface area contributed by atoms with E-state index < -0.39 is 0 Å². The Balaban J connectivity index is 2.52. The Labute approximate surface area is 124 Å². The van der Waals surface area contributed by atoms with Gasteiger partial charge in [-0.05, 0) is 57.3 Å². The summed E-state index contributed by atoms with van der Waals surface area (Å²) in [6.07, 6.45) is 9.67. The molecule has 2 nitrogen and oxygen atoms in total. The molecule has 0 bridgehead atoms. The molecule has 1 unspecified atom stereocenters. The van der Waals surface area contributed by atoms with Gasteiger partial charge in [-0.15, -0.1) is 0 Å². The summed E-state index contributed by atoms with van der Waals surface area (Å²) in [6, 6.07) is 0. The molecule has 0 aromatic carbocycles. The molecule has 0 N–H and O–H groups in total. The maximum Gasteiger partial charge on any atom is 0.330 e. The number of rotatable bonds is 6. The number of ether oxygens (including phenoxy) is 1. The maximum atomic E-state index is 11.3. The van der Waals surface area contributed by atoms with E-state index in [1.807, 2.05) is 13.0 Å². The Kier molecular flexibility index (Phi) is 6.51. The highest BCUT2D eigenvalue weighted by molar-refractivity contribution is 5.81. The van der Waals surface area contributed by atoms with Crippen LogP contribution < -0.4 is 0 Å². The molecular weight excluding hydrogens is 248 g/mol. The molecule has 0 radical (unpaired) electrons. The van der Waals surface area contributed by atoms with Gasteiger partial charge in [0.15, 0.2) is 0 Å². The second kappa shape index (κ2) is 7.66. The summed E-state index contributed by atoms with van der Waals surface area (Å²) in [6.45, 7) is 11.5. The van der Waals surface area contributed by atoms with Gasteiger partial charge < -0.3 is 4.74 Å². The second-order valence-corrected chi connectivity index (χ2v) is 6.62. The lowest BCUT2D eigenvalue weighted by atomic mass is 9.71. The summed E-state index contributed by atoms with van der Waals surface area (Å²) in [5, 5.41) is 0. The lowest BCUT2D eigenvalue weighted by Gasteiger charge is -2.35. The van der Waals surface area contributed by atoms with Gasteiger partial charge in [-0.25, -0.2) is 4.79 Å². The Hall–Kier alpha value is -1.05. The third-order valence-electron chi connectivity index (χ3n) is 4.38. The highest BCUT2D eigenvalue weighted by Gasteiger charge is 2.27. The molecule has 114 valence electrons. The number of carbonyl (C=O) groups is 1. The first kappa shape index (κ1) is 17.0. The lowest BCUT2D eigenvalue weighted by molar-refractivity contribution is -0.137. The van der Waals surface area contributed by atoms with E-state index in [9.17, 15) is 4.79 Å². The van der Waals surface area contributed by atoms with E-state index in [1.165, 1.54) is 19.3 Å². The minimum absolute atomic E-state index is 0.229. The average molecular weight is 278 g/mol. The molecule has 0 spiro atoms. The van der Waals surface area contributed by atoms with Crippen molar-refractivity contribution in [3.05, 3.63) is 23.3 Å². The van der Waals surface area contributed by atoms with Crippen molar-refractivity contribution in [1.82, 2.24) is 0 Å². The van der Waals surface area contributed by atoms with Crippen molar-refractivity contribution in [1.29, 1.82) is 0 Å². The van der Waals surface area contributed by atoms with Crippen LogP contribution in [0.15, 0.2) is 23.3 Å². The summed E-state index contributed by atoms with van der Waals surface area (Å²) in [5.74, 6) is 0.185. The first-order chi connectivity index (χ1) is 9.36. The van der Waals surface area contributed by atoms with Gasteiger partial charge in [-0.2, -0.15) is 0 Å². The van der Waals surface area contributed by atoms with Crippen LogP contribution >= 0.6 is 0 Å². The van der Waals surface area contributed by atoms with Crippen molar-refractivity contribution in [2.24, 2.45) is 11.3 Å². The van der Waals surface area contributed by atoms with E-state index in [-0.39, 0.29) is 5.97 Å². The fourth-order valence-corrected chi connectivity index (χ4v) is 3.13. The topological polar surface area (TPSA) is 26.3 Å². The Morgan fingerprint density at radius 2 is 2.15 bits per heavy atom. The minimum atomic E-state index is -0.229. The van der Waals surface area contributed by atoms with Crippen LogP contribution in [0.5, 0.6) is 0 Å². The van der Waals surface area contributed by atoms with Crippen LogP contribution in [0.1, 0.15) is 66.7 Å². The molecule has 0 aromatic rings. The van der Waals surface area contributed by atoms with Crippen LogP contribution in [0.4, 0.5) is 0 Å². The molecule has 1 aliphatic rings. The van der Waals surface area contributed by atoms with Crippen LogP contribution in [0.25, 0.3) is 0 Å². The Morgan fingerprint density at radius 3 is 2.75 bits per heavy atom. The monoisotopic (exact) mass is 278 g/mol. The van der Waals surface area contributed by atoms with Crippen LogP contribution in [0, 0.1) is 11.3 Å². The Morgan fingerprint density at radius 1 is 1.45 bits per heavy atom. The molecule has 0 aliphatic heterocycles. The number of esters is 1. The molecule has 1 rings (SSSR count). The average Bonchev–Trinajstić information content (AvgIpc) is 2.35. The highest BCUT2D eigenvalue weighted by atomic mass is 16.5.